The molecule has 0 aliphatic heterocycles. The summed E-state index contributed by atoms with van der Waals surface area (Å²) in [6.45, 7) is 3.10. The van der Waals surface area contributed by atoms with E-state index in [4.69, 9.17) is 0 Å². The second-order valence-corrected chi connectivity index (χ2v) is 2.43. The number of nitrogens with zero attached hydrogens (tertiary/aromatic N) is 3. The molecule has 60 valence electrons. The summed E-state index contributed by atoms with van der Waals surface area (Å²) in [6.07, 6.45) is 0. The zero-order valence-electron chi connectivity index (χ0n) is 7.55. The molecule has 0 aliphatic carbocycles. The quantitative estimate of drug-likeness (QED) is 0.393. The predicted molar refractivity (Wildman–Crippen MR) is 45.4 cm³/mol. The third kappa shape index (κ3) is 2.25. The summed E-state index contributed by atoms with van der Waals surface area (Å²) in [6, 6.07) is 0. The van der Waals surface area contributed by atoms with Crippen molar-refractivity contribution in [3.63, 3.8) is 0 Å². The second kappa shape index (κ2) is 4.14. The Labute approximate surface area is 63.3 Å². The Hall–Kier alpha value is -0.730. The Bertz CT molecular complexity index is 118. The van der Waals surface area contributed by atoms with Crippen molar-refractivity contribution in [3.05, 3.63) is 0 Å². The van der Waals surface area contributed by atoms with Gasteiger partial charge in [-0.1, -0.05) is 0 Å². The fourth-order valence-electron chi connectivity index (χ4n) is 0.854. The first kappa shape index (κ1) is 9.27. The maximum Gasteiger partial charge on any atom is 0.195 e. The van der Waals surface area contributed by atoms with Crippen LogP contribution in [-0.4, -0.2) is 50.5 Å². The molecule has 0 fully saturated rings. The van der Waals surface area contributed by atoms with Crippen LogP contribution in [-0.2, 0) is 0 Å². The third-order valence-corrected chi connectivity index (χ3v) is 1.42. The maximum absolute atomic E-state index is 4.13. The van der Waals surface area contributed by atoms with Crippen LogP contribution >= 0.6 is 0 Å². The van der Waals surface area contributed by atoms with Crippen molar-refractivity contribution in [1.82, 2.24) is 9.80 Å². The first-order valence-electron chi connectivity index (χ1n) is 3.48. The van der Waals surface area contributed by atoms with Crippen LogP contribution in [0.15, 0.2) is 4.99 Å². The van der Waals surface area contributed by atoms with Gasteiger partial charge in [-0.05, 0) is 6.92 Å². The number of hydrogen-bond acceptors (Lipinski definition) is 1. The topological polar surface area (TPSA) is 18.8 Å². The number of hydrogen-bond donors (Lipinski definition) is 0. The molecule has 0 aromatic carbocycles. The van der Waals surface area contributed by atoms with Gasteiger partial charge in [0.25, 0.3) is 0 Å². The van der Waals surface area contributed by atoms with E-state index >= 15 is 0 Å². The molecule has 0 saturated carbocycles. The van der Waals surface area contributed by atoms with Crippen LogP contribution in [0, 0.1) is 0 Å². The average Bonchev–Trinajstić information content (AvgIpc) is 1.88. The Balaban J connectivity index is 4.08. The van der Waals surface area contributed by atoms with Crippen molar-refractivity contribution in [2.75, 3.05) is 34.7 Å². The van der Waals surface area contributed by atoms with Crippen LogP contribution in [0.1, 0.15) is 6.92 Å². The van der Waals surface area contributed by atoms with E-state index in [1.165, 1.54) is 0 Å². The zero-order valence-corrected chi connectivity index (χ0v) is 7.55. The molecule has 0 radical (unpaired) electrons. The van der Waals surface area contributed by atoms with Gasteiger partial charge in [0, 0.05) is 34.7 Å². The van der Waals surface area contributed by atoms with Gasteiger partial charge >= 0.3 is 0 Å². The molecule has 10 heavy (non-hydrogen) atoms. The second-order valence-electron chi connectivity index (χ2n) is 2.43. The van der Waals surface area contributed by atoms with Crippen molar-refractivity contribution in [1.29, 1.82) is 0 Å². The van der Waals surface area contributed by atoms with Crippen molar-refractivity contribution < 1.29 is 0 Å². The largest absolute Gasteiger partial charge is 0.349 e. The van der Waals surface area contributed by atoms with E-state index in [9.17, 15) is 0 Å². The number of rotatable bonds is 1. The Kier molecular flexibility index (Phi) is 3.84. The van der Waals surface area contributed by atoms with E-state index in [1.54, 1.807) is 0 Å². The van der Waals surface area contributed by atoms with Crippen LogP contribution in [0.3, 0.4) is 0 Å². The Morgan fingerprint density at radius 3 is 1.90 bits per heavy atom. The van der Waals surface area contributed by atoms with Gasteiger partial charge in [0.05, 0.1) is 0 Å². The molecular weight excluding hydrogens is 126 g/mol. The lowest BCUT2D eigenvalue weighted by Gasteiger charge is -2.24. The monoisotopic (exact) mass is 143 g/mol. The van der Waals surface area contributed by atoms with Crippen LogP contribution in [0.5, 0.6) is 0 Å². The summed E-state index contributed by atoms with van der Waals surface area (Å²) in [7, 11) is 7.83. The molecular formula is C7H17N3. The molecule has 0 atom stereocenters. The van der Waals surface area contributed by atoms with Crippen molar-refractivity contribution in [3.8, 4) is 0 Å². The highest BCUT2D eigenvalue weighted by atomic mass is 15.3. The highest BCUT2D eigenvalue weighted by Gasteiger charge is 2.03. The first-order chi connectivity index (χ1) is 4.63. The lowest BCUT2D eigenvalue weighted by Crippen LogP contribution is -2.37. The van der Waals surface area contributed by atoms with E-state index in [0.717, 1.165) is 12.5 Å². The van der Waals surface area contributed by atoms with Crippen molar-refractivity contribution >= 4 is 5.96 Å². The Morgan fingerprint density at radius 2 is 1.80 bits per heavy atom. The SMILES string of the molecule is CCN(C)/C(=N\C)N(C)C. The molecule has 3 nitrogen and oxygen atoms in total. The summed E-state index contributed by atoms with van der Waals surface area (Å²) in [5, 5.41) is 0. The average molecular weight is 143 g/mol. The Morgan fingerprint density at radius 1 is 1.30 bits per heavy atom. The number of aliphatic imine (C=N–C) groups is 1. The maximum atomic E-state index is 4.13. The van der Waals surface area contributed by atoms with E-state index in [1.807, 2.05) is 33.1 Å². The molecule has 0 spiro atoms. The lowest BCUT2D eigenvalue weighted by atomic mass is 10.6. The van der Waals surface area contributed by atoms with E-state index in [0.29, 0.717) is 0 Å². The summed E-state index contributed by atoms with van der Waals surface area (Å²) < 4.78 is 0. The molecule has 0 heterocycles. The van der Waals surface area contributed by atoms with Crippen LogP contribution < -0.4 is 0 Å². The highest BCUT2D eigenvalue weighted by molar-refractivity contribution is 5.79. The molecule has 0 N–H and O–H groups in total. The molecule has 0 aromatic rings. The van der Waals surface area contributed by atoms with E-state index in [-0.39, 0.29) is 0 Å². The fourth-order valence-corrected chi connectivity index (χ4v) is 0.854. The van der Waals surface area contributed by atoms with Crippen LogP contribution in [0.2, 0.25) is 0 Å². The minimum atomic E-state index is 0.991. The van der Waals surface area contributed by atoms with Gasteiger partial charge in [-0.15, -0.1) is 0 Å². The van der Waals surface area contributed by atoms with Gasteiger partial charge < -0.3 is 9.80 Å². The van der Waals surface area contributed by atoms with E-state index in [2.05, 4.69) is 16.8 Å². The molecule has 0 amide bonds. The van der Waals surface area contributed by atoms with Gasteiger partial charge in [0.2, 0.25) is 0 Å². The molecule has 0 aliphatic rings. The highest BCUT2D eigenvalue weighted by Crippen LogP contribution is 1.89. The molecule has 0 saturated heterocycles. The standard InChI is InChI=1S/C7H17N3/c1-6-10(5)7(8-2)9(3)4/h6H2,1-5H3/b8-7-. The minimum absolute atomic E-state index is 0.991. The molecule has 0 unspecified atom stereocenters. The smallest absolute Gasteiger partial charge is 0.195 e. The molecule has 0 aromatic heterocycles. The van der Waals surface area contributed by atoms with Gasteiger partial charge in [0.15, 0.2) is 5.96 Å². The fraction of sp³-hybridized carbons (Fsp3) is 0.857. The van der Waals surface area contributed by atoms with Gasteiger partial charge in [-0.2, -0.15) is 0 Å². The van der Waals surface area contributed by atoms with Crippen molar-refractivity contribution in [2.24, 2.45) is 4.99 Å². The zero-order chi connectivity index (χ0) is 8.15. The van der Waals surface area contributed by atoms with Gasteiger partial charge in [-0.3, -0.25) is 4.99 Å². The van der Waals surface area contributed by atoms with Crippen LogP contribution in [0.25, 0.3) is 0 Å². The van der Waals surface area contributed by atoms with E-state index < -0.39 is 0 Å². The van der Waals surface area contributed by atoms with Crippen LogP contribution in [0.4, 0.5) is 0 Å². The summed E-state index contributed by atoms with van der Waals surface area (Å²) in [5.74, 6) is 1.02. The number of guanidine groups is 1. The first-order valence-corrected chi connectivity index (χ1v) is 3.48. The normalized spacial score (nSPS) is 11.5. The lowest BCUT2D eigenvalue weighted by molar-refractivity contribution is 0.440. The summed E-state index contributed by atoms with van der Waals surface area (Å²) in [5.41, 5.74) is 0. The molecule has 3 heteroatoms. The molecule has 0 bridgehead atoms. The van der Waals surface area contributed by atoms with Crippen molar-refractivity contribution in [2.45, 2.75) is 6.92 Å². The summed E-state index contributed by atoms with van der Waals surface area (Å²) in [4.78, 5) is 8.23. The molecule has 0 rings (SSSR count). The third-order valence-electron chi connectivity index (χ3n) is 1.42. The predicted octanol–water partition coefficient (Wildman–Crippen LogP) is 0.485. The van der Waals surface area contributed by atoms with Gasteiger partial charge in [0.1, 0.15) is 0 Å². The summed E-state index contributed by atoms with van der Waals surface area (Å²) >= 11 is 0. The minimum Gasteiger partial charge on any atom is -0.349 e. The van der Waals surface area contributed by atoms with Gasteiger partial charge in [-0.25, -0.2) is 0 Å².